The minimum atomic E-state index is 0.338. The van der Waals surface area contributed by atoms with Gasteiger partial charge in [0, 0.05) is 39.5 Å². The Bertz CT molecular complexity index is 556. The number of hydrogen-bond donors (Lipinski definition) is 1. The summed E-state index contributed by atoms with van der Waals surface area (Å²) in [6.45, 7) is 6.26. The third-order valence-electron chi connectivity index (χ3n) is 3.17. The van der Waals surface area contributed by atoms with Crippen LogP contribution in [0, 0.1) is 0 Å². The van der Waals surface area contributed by atoms with Crippen LogP contribution < -0.4 is 5.32 Å². The number of thioether (sulfide) groups is 1. The van der Waals surface area contributed by atoms with Crippen molar-refractivity contribution in [1.29, 1.82) is 0 Å². The van der Waals surface area contributed by atoms with Crippen molar-refractivity contribution in [1.82, 2.24) is 15.1 Å². The lowest BCUT2D eigenvalue weighted by molar-refractivity contribution is 0.590. The van der Waals surface area contributed by atoms with E-state index >= 15 is 0 Å². The Hall–Kier alpha value is -0.780. The summed E-state index contributed by atoms with van der Waals surface area (Å²) in [6, 6.07) is 8.78. The standard InChI is InChI=1S/C16H22BrN3S/c1-3-8-20-11-13(10-19-20)16(18-4-2)12-21-15-7-5-6-14(17)9-15/h5-7,9-11,16,18H,3-4,8,12H2,1-2H3. The van der Waals surface area contributed by atoms with Crippen LogP contribution >= 0.6 is 27.7 Å². The van der Waals surface area contributed by atoms with Crippen molar-refractivity contribution in [3.63, 3.8) is 0 Å². The lowest BCUT2D eigenvalue weighted by Gasteiger charge is -2.16. The van der Waals surface area contributed by atoms with Gasteiger partial charge in [-0.1, -0.05) is 35.8 Å². The maximum Gasteiger partial charge on any atom is 0.0537 e. The molecule has 0 saturated carbocycles. The number of rotatable bonds is 8. The van der Waals surface area contributed by atoms with Gasteiger partial charge >= 0.3 is 0 Å². The molecule has 0 aliphatic heterocycles. The minimum Gasteiger partial charge on any atom is -0.309 e. The highest BCUT2D eigenvalue weighted by atomic mass is 79.9. The van der Waals surface area contributed by atoms with Crippen molar-refractivity contribution < 1.29 is 0 Å². The van der Waals surface area contributed by atoms with Gasteiger partial charge in [-0.15, -0.1) is 11.8 Å². The smallest absolute Gasteiger partial charge is 0.0537 e. The third-order valence-corrected chi connectivity index (χ3v) is 4.75. The zero-order chi connectivity index (χ0) is 15.1. The van der Waals surface area contributed by atoms with Crippen molar-refractivity contribution in [3.05, 3.63) is 46.7 Å². The maximum absolute atomic E-state index is 4.44. The molecule has 1 heterocycles. The molecule has 1 unspecified atom stereocenters. The van der Waals surface area contributed by atoms with E-state index in [0.29, 0.717) is 6.04 Å². The summed E-state index contributed by atoms with van der Waals surface area (Å²) in [5.41, 5.74) is 1.27. The first-order valence-electron chi connectivity index (χ1n) is 7.37. The number of aromatic nitrogens is 2. The Kier molecular flexibility index (Phi) is 6.80. The van der Waals surface area contributed by atoms with Crippen molar-refractivity contribution >= 4 is 27.7 Å². The van der Waals surface area contributed by atoms with E-state index < -0.39 is 0 Å². The van der Waals surface area contributed by atoms with Crippen LogP contribution in [0.2, 0.25) is 0 Å². The molecule has 5 heteroatoms. The quantitative estimate of drug-likeness (QED) is 0.696. The fraction of sp³-hybridized carbons (Fsp3) is 0.438. The van der Waals surface area contributed by atoms with Crippen LogP contribution in [0.1, 0.15) is 31.9 Å². The topological polar surface area (TPSA) is 29.9 Å². The molecule has 1 aromatic heterocycles. The molecule has 0 spiro atoms. The molecule has 0 bridgehead atoms. The Morgan fingerprint density at radius 1 is 1.38 bits per heavy atom. The van der Waals surface area contributed by atoms with Gasteiger partial charge in [0.05, 0.1) is 6.20 Å². The van der Waals surface area contributed by atoms with E-state index in [4.69, 9.17) is 0 Å². The molecular formula is C16H22BrN3S. The van der Waals surface area contributed by atoms with Crippen LogP contribution in [0.5, 0.6) is 0 Å². The second-order valence-electron chi connectivity index (χ2n) is 4.92. The molecule has 0 amide bonds. The fourth-order valence-corrected chi connectivity index (χ4v) is 3.77. The Morgan fingerprint density at radius 2 is 2.24 bits per heavy atom. The van der Waals surface area contributed by atoms with Gasteiger partial charge in [0.1, 0.15) is 0 Å². The van der Waals surface area contributed by atoms with Crippen molar-refractivity contribution in [3.8, 4) is 0 Å². The van der Waals surface area contributed by atoms with Gasteiger partial charge in [-0.25, -0.2) is 0 Å². The molecule has 1 aromatic carbocycles. The number of benzene rings is 1. The number of halogens is 1. The fourth-order valence-electron chi connectivity index (χ4n) is 2.17. The Balaban J connectivity index is 2.00. The van der Waals surface area contributed by atoms with Gasteiger partial charge in [0.25, 0.3) is 0 Å². The van der Waals surface area contributed by atoms with Crippen molar-refractivity contribution in [2.24, 2.45) is 0 Å². The maximum atomic E-state index is 4.44. The van der Waals surface area contributed by atoms with Crippen LogP contribution in [0.4, 0.5) is 0 Å². The molecule has 114 valence electrons. The van der Waals surface area contributed by atoms with Crippen LogP contribution in [0.3, 0.4) is 0 Å². The zero-order valence-electron chi connectivity index (χ0n) is 12.6. The molecule has 1 atom stereocenters. The summed E-state index contributed by atoms with van der Waals surface area (Å²) < 4.78 is 3.16. The molecule has 0 saturated heterocycles. The van der Waals surface area contributed by atoms with Crippen LogP contribution in [0.15, 0.2) is 46.0 Å². The Morgan fingerprint density at radius 3 is 2.95 bits per heavy atom. The number of nitrogens with one attached hydrogen (secondary N) is 1. The first-order chi connectivity index (χ1) is 10.2. The van der Waals surface area contributed by atoms with Crippen molar-refractivity contribution in [2.45, 2.75) is 37.8 Å². The van der Waals surface area contributed by atoms with Gasteiger partial charge in [0.15, 0.2) is 0 Å². The summed E-state index contributed by atoms with van der Waals surface area (Å²) in [7, 11) is 0. The van der Waals surface area contributed by atoms with Crippen LogP contribution in [-0.2, 0) is 6.54 Å². The summed E-state index contributed by atoms with van der Waals surface area (Å²) in [5.74, 6) is 1.00. The SMILES string of the molecule is CCCn1cc(C(CSc2cccc(Br)c2)NCC)cn1. The minimum absolute atomic E-state index is 0.338. The second kappa shape index (κ2) is 8.61. The average molecular weight is 368 g/mol. The number of nitrogens with zero attached hydrogens (tertiary/aromatic N) is 2. The molecule has 3 nitrogen and oxygen atoms in total. The van der Waals surface area contributed by atoms with Crippen LogP contribution in [0.25, 0.3) is 0 Å². The highest BCUT2D eigenvalue weighted by Gasteiger charge is 2.13. The normalized spacial score (nSPS) is 12.5. The van der Waals surface area contributed by atoms with Gasteiger partial charge in [-0.05, 0) is 31.2 Å². The molecule has 21 heavy (non-hydrogen) atoms. The van der Waals surface area contributed by atoms with E-state index in [0.717, 1.165) is 29.7 Å². The van der Waals surface area contributed by atoms with Gasteiger partial charge in [-0.3, -0.25) is 4.68 Å². The number of hydrogen-bond acceptors (Lipinski definition) is 3. The first-order valence-corrected chi connectivity index (χ1v) is 9.15. The molecular weight excluding hydrogens is 346 g/mol. The predicted molar refractivity (Wildman–Crippen MR) is 93.8 cm³/mol. The summed E-state index contributed by atoms with van der Waals surface area (Å²) in [5, 5.41) is 7.99. The van der Waals surface area contributed by atoms with Crippen molar-refractivity contribution in [2.75, 3.05) is 12.3 Å². The molecule has 0 aliphatic carbocycles. The lowest BCUT2D eigenvalue weighted by atomic mass is 10.2. The molecule has 0 fully saturated rings. The molecule has 0 aliphatic rings. The van der Waals surface area contributed by atoms with E-state index in [1.54, 1.807) is 0 Å². The van der Waals surface area contributed by atoms with Gasteiger partial charge in [0.2, 0.25) is 0 Å². The summed E-state index contributed by atoms with van der Waals surface area (Å²) in [6.07, 6.45) is 5.27. The molecule has 2 rings (SSSR count). The van der Waals surface area contributed by atoms with E-state index in [2.05, 4.69) is 70.7 Å². The second-order valence-corrected chi connectivity index (χ2v) is 6.92. The molecule has 0 radical (unpaired) electrons. The molecule has 1 N–H and O–H groups in total. The van der Waals surface area contributed by atoms with Gasteiger partial charge < -0.3 is 5.32 Å². The van der Waals surface area contributed by atoms with Crippen LogP contribution in [-0.4, -0.2) is 22.1 Å². The highest BCUT2D eigenvalue weighted by Crippen LogP contribution is 2.26. The first kappa shape index (κ1) is 16.6. The monoisotopic (exact) mass is 367 g/mol. The summed E-state index contributed by atoms with van der Waals surface area (Å²) >= 11 is 5.39. The van der Waals surface area contributed by atoms with E-state index in [1.807, 2.05) is 22.6 Å². The predicted octanol–water partition coefficient (Wildman–Crippen LogP) is 4.50. The molecule has 2 aromatic rings. The van der Waals surface area contributed by atoms with Gasteiger partial charge in [-0.2, -0.15) is 5.10 Å². The largest absolute Gasteiger partial charge is 0.309 e. The average Bonchev–Trinajstić information content (AvgIpc) is 2.92. The lowest BCUT2D eigenvalue weighted by Crippen LogP contribution is -2.22. The number of aryl methyl sites for hydroxylation is 1. The zero-order valence-corrected chi connectivity index (χ0v) is 15.0. The third kappa shape index (κ3) is 5.16. The Labute approximate surface area is 139 Å². The summed E-state index contributed by atoms with van der Waals surface area (Å²) in [4.78, 5) is 1.29. The van der Waals surface area contributed by atoms with E-state index in [9.17, 15) is 0 Å². The highest BCUT2D eigenvalue weighted by molar-refractivity contribution is 9.10. The van der Waals surface area contributed by atoms with E-state index in [-0.39, 0.29) is 0 Å². The van der Waals surface area contributed by atoms with E-state index in [1.165, 1.54) is 10.5 Å².